The summed E-state index contributed by atoms with van der Waals surface area (Å²) >= 11 is 18.0. The molecule has 0 atom stereocenters. The molecule has 0 bridgehead atoms. The molecule has 8 nitrogen and oxygen atoms in total. The van der Waals surface area contributed by atoms with Gasteiger partial charge in [0.05, 0.1) is 29.5 Å². The van der Waals surface area contributed by atoms with E-state index < -0.39 is 0 Å². The van der Waals surface area contributed by atoms with Crippen LogP contribution in [0.15, 0.2) is 104 Å². The van der Waals surface area contributed by atoms with Crippen LogP contribution in [-0.4, -0.2) is 42.8 Å². The summed E-state index contributed by atoms with van der Waals surface area (Å²) in [6, 6.07) is 25.3. The Bertz CT molecular complexity index is 2050. The first-order valence-electron chi connectivity index (χ1n) is 13.3. The fourth-order valence-electron chi connectivity index (χ4n) is 4.67. The zero-order valence-electron chi connectivity index (χ0n) is 23.1. The van der Waals surface area contributed by atoms with E-state index in [0.717, 1.165) is 50.9 Å². The molecule has 2 N–H and O–H groups in total. The predicted molar refractivity (Wildman–Crippen MR) is 176 cm³/mol. The maximum absolute atomic E-state index is 6.05. The topological polar surface area (TPSA) is 84.4 Å². The van der Waals surface area contributed by atoms with Crippen LogP contribution in [-0.2, 0) is 0 Å². The number of rotatable bonds is 5. The van der Waals surface area contributed by atoms with Crippen LogP contribution in [0.25, 0.3) is 45.1 Å². The largest absolute Gasteiger partial charge is 0.373 e. The second-order valence-corrected chi connectivity index (χ2v) is 10.7. The average molecular weight is 628 g/mol. The van der Waals surface area contributed by atoms with Gasteiger partial charge in [0.1, 0.15) is 28.1 Å². The maximum atomic E-state index is 6.05. The van der Waals surface area contributed by atoms with Crippen molar-refractivity contribution in [2.75, 3.05) is 24.7 Å². The van der Waals surface area contributed by atoms with Crippen molar-refractivity contribution in [3.8, 4) is 33.8 Å². The molecule has 11 heteroatoms. The van der Waals surface area contributed by atoms with Crippen molar-refractivity contribution in [2.45, 2.75) is 0 Å². The van der Waals surface area contributed by atoms with E-state index in [4.69, 9.17) is 34.8 Å². The van der Waals surface area contributed by atoms with Crippen molar-refractivity contribution in [3.05, 3.63) is 119 Å². The molecule has 0 unspecified atom stereocenters. The summed E-state index contributed by atoms with van der Waals surface area (Å²) in [7, 11) is 3.67. The normalized spacial score (nSPS) is 10.9. The quantitative estimate of drug-likeness (QED) is 0.186. The molecule has 7 aromatic rings. The van der Waals surface area contributed by atoms with Crippen molar-refractivity contribution < 1.29 is 0 Å². The molecule has 0 aliphatic carbocycles. The first-order chi connectivity index (χ1) is 20.9. The number of pyridine rings is 4. The molecule has 0 saturated heterocycles. The van der Waals surface area contributed by atoms with E-state index in [9.17, 15) is 0 Å². The summed E-state index contributed by atoms with van der Waals surface area (Å²) in [6.45, 7) is 0. The lowest BCUT2D eigenvalue weighted by molar-refractivity contribution is 1.18. The van der Waals surface area contributed by atoms with Gasteiger partial charge in [-0.15, -0.1) is 0 Å². The van der Waals surface area contributed by atoms with Crippen LogP contribution in [0.5, 0.6) is 0 Å². The first kappa shape index (κ1) is 28.5. The molecule has 0 spiro atoms. The summed E-state index contributed by atoms with van der Waals surface area (Å²) in [6.07, 6.45) is 7.46. The lowest BCUT2D eigenvalue weighted by Gasteiger charge is -2.09. The SMILES string of the molecule is CNc1cc(-c2cnc3cc(Cl)ccn23)cc(-c2ccccc2)n1.CNc1cc(-c2cnc3cc(Cl)ccn23)cc(Cl)n1. The fourth-order valence-corrected chi connectivity index (χ4v) is 5.19. The molecule has 1 aromatic carbocycles. The zero-order chi connectivity index (χ0) is 29.9. The molecule has 43 heavy (non-hydrogen) atoms. The lowest BCUT2D eigenvalue weighted by atomic mass is 10.1. The summed E-state index contributed by atoms with van der Waals surface area (Å²) < 4.78 is 3.98. The van der Waals surface area contributed by atoms with Crippen LogP contribution in [0.4, 0.5) is 11.6 Å². The van der Waals surface area contributed by atoms with Gasteiger partial charge in [0.25, 0.3) is 0 Å². The van der Waals surface area contributed by atoms with E-state index >= 15 is 0 Å². The second-order valence-electron chi connectivity index (χ2n) is 9.49. The number of fused-ring (bicyclic) bond motifs is 2. The fraction of sp³-hybridized carbons (Fsp3) is 0.0625. The smallest absolute Gasteiger partial charge is 0.138 e. The Kier molecular flexibility index (Phi) is 8.16. The number of nitrogens with zero attached hydrogens (tertiary/aromatic N) is 6. The summed E-state index contributed by atoms with van der Waals surface area (Å²) in [5, 5.41) is 7.89. The van der Waals surface area contributed by atoms with Crippen molar-refractivity contribution in [1.82, 2.24) is 28.7 Å². The highest BCUT2D eigenvalue weighted by molar-refractivity contribution is 6.31. The van der Waals surface area contributed by atoms with E-state index in [-0.39, 0.29) is 0 Å². The van der Waals surface area contributed by atoms with Crippen LogP contribution in [0.3, 0.4) is 0 Å². The molecular weight excluding hydrogens is 603 g/mol. The van der Waals surface area contributed by atoms with Gasteiger partial charge >= 0.3 is 0 Å². The third-order valence-electron chi connectivity index (χ3n) is 6.74. The molecule has 0 radical (unpaired) electrons. The van der Waals surface area contributed by atoms with E-state index in [1.165, 1.54) is 0 Å². The van der Waals surface area contributed by atoms with Gasteiger partial charge in [0.2, 0.25) is 0 Å². The van der Waals surface area contributed by atoms with Gasteiger partial charge in [-0.05, 0) is 36.4 Å². The number of aromatic nitrogens is 6. The minimum Gasteiger partial charge on any atom is -0.373 e. The summed E-state index contributed by atoms with van der Waals surface area (Å²) in [4.78, 5) is 17.6. The first-order valence-corrected chi connectivity index (χ1v) is 14.4. The number of hydrogen-bond acceptors (Lipinski definition) is 6. The van der Waals surface area contributed by atoms with Gasteiger partial charge in [-0.1, -0.05) is 65.1 Å². The molecule has 0 amide bonds. The van der Waals surface area contributed by atoms with E-state index in [1.54, 1.807) is 19.3 Å². The van der Waals surface area contributed by atoms with Gasteiger partial charge in [0, 0.05) is 65.4 Å². The van der Waals surface area contributed by atoms with E-state index in [2.05, 4.69) is 48.8 Å². The highest BCUT2D eigenvalue weighted by atomic mass is 35.5. The van der Waals surface area contributed by atoms with Crippen LogP contribution in [0, 0.1) is 0 Å². The molecule has 214 valence electrons. The molecule has 6 heterocycles. The minimum absolute atomic E-state index is 0.436. The number of benzene rings is 1. The zero-order valence-corrected chi connectivity index (χ0v) is 25.4. The average Bonchev–Trinajstić information content (AvgIpc) is 3.65. The molecule has 0 aliphatic rings. The summed E-state index contributed by atoms with van der Waals surface area (Å²) in [5.41, 5.74) is 7.53. The molecule has 7 rings (SSSR count). The van der Waals surface area contributed by atoms with Crippen LogP contribution >= 0.6 is 34.8 Å². The molecule has 0 aliphatic heterocycles. The van der Waals surface area contributed by atoms with Crippen molar-refractivity contribution in [1.29, 1.82) is 0 Å². The van der Waals surface area contributed by atoms with E-state index in [1.807, 2.05) is 89.0 Å². The second kappa shape index (κ2) is 12.3. The Morgan fingerprint density at radius 1 is 0.581 bits per heavy atom. The lowest BCUT2D eigenvalue weighted by Crippen LogP contribution is -1.96. The number of anilines is 2. The van der Waals surface area contributed by atoms with Gasteiger partial charge in [0.15, 0.2) is 0 Å². The molecule has 6 aromatic heterocycles. The number of hydrogen-bond donors (Lipinski definition) is 2. The highest BCUT2D eigenvalue weighted by Crippen LogP contribution is 2.29. The predicted octanol–water partition coefficient (Wildman–Crippen LogP) is 8.50. The van der Waals surface area contributed by atoms with Crippen LogP contribution in [0.2, 0.25) is 15.2 Å². The third-order valence-corrected chi connectivity index (χ3v) is 7.41. The molecule has 0 saturated carbocycles. The van der Waals surface area contributed by atoms with Crippen molar-refractivity contribution in [2.24, 2.45) is 0 Å². The Morgan fingerprint density at radius 3 is 1.67 bits per heavy atom. The number of nitrogens with one attached hydrogen (secondary N) is 2. The van der Waals surface area contributed by atoms with Gasteiger partial charge < -0.3 is 10.6 Å². The van der Waals surface area contributed by atoms with E-state index in [0.29, 0.717) is 21.0 Å². The Balaban J connectivity index is 0.000000157. The van der Waals surface area contributed by atoms with Gasteiger partial charge in [-0.3, -0.25) is 8.80 Å². The van der Waals surface area contributed by atoms with Crippen molar-refractivity contribution >= 4 is 57.7 Å². The molecular formula is C32H25Cl3N8. The van der Waals surface area contributed by atoms with Crippen LogP contribution < -0.4 is 10.6 Å². The summed E-state index contributed by atoms with van der Waals surface area (Å²) in [5.74, 6) is 1.53. The maximum Gasteiger partial charge on any atom is 0.138 e. The van der Waals surface area contributed by atoms with Gasteiger partial charge in [-0.2, -0.15) is 0 Å². The van der Waals surface area contributed by atoms with Crippen molar-refractivity contribution in [3.63, 3.8) is 0 Å². The van der Waals surface area contributed by atoms with Crippen LogP contribution in [0.1, 0.15) is 0 Å². The Labute approximate surface area is 263 Å². The molecule has 0 fully saturated rings. The minimum atomic E-state index is 0.436. The Morgan fingerprint density at radius 2 is 1.12 bits per heavy atom. The standard InChI is InChI=1S/C19H15ClN4.C13H10Cl2N4/c1-21-18-10-14(9-16(23-18)13-5-3-2-4-6-13)17-12-22-19-11-15(20)7-8-24(17)19;1-16-12-5-8(4-11(15)18-12)10-7-17-13-6-9(14)2-3-19(10)13/h2-12H,1H3,(H,21,23);2-7H,1H3,(H,16,18). The van der Waals surface area contributed by atoms with Gasteiger partial charge in [-0.25, -0.2) is 19.9 Å². The number of imidazole rings is 2. The number of halogens is 3. The monoisotopic (exact) mass is 626 g/mol. The third kappa shape index (κ3) is 6.12. The highest BCUT2D eigenvalue weighted by Gasteiger charge is 2.11. The Hall–Kier alpha value is -4.63.